The Morgan fingerprint density at radius 3 is 2.05 bits per heavy atom. The van der Waals surface area contributed by atoms with Crippen LogP contribution in [0, 0.1) is 18.8 Å². The SMILES string of the molecule is CN1C=CN(c2[c-]c(B(c3[c-]c4c(cc3)c3ccccc3n4-c3cc(C(C)(C)C)ccn3)c3c(-c4ccccc4)nn(-c4ccccc4)c3-c3ccccc3)ccc2)[CH-]1.[Pt]. The Hall–Kier alpha value is -6.43. The Bertz CT molecular complexity index is 2990. The molecular weight excluding hydrogens is 915 g/mol. The normalized spacial score (nSPS) is 12.7. The molecule has 0 spiro atoms. The molecule has 0 unspecified atom stereocenters. The molecule has 0 N–H and O–H groups in total. The van der Waals surface area contributed by atoms with Gasteiger partial charge in [-0.05, 0) is 77.2 Å². The maximum atomic E-state index is 5.54. The van der Waals surface area contributed by atoms with E-state index >= 15 is 0 Å². The van der Waals surface area contributed by atoms with E-state index in [0.717, 1.165) is 77.9 Å². The van der Waals surface area contributed by atoms with E-state index in [-0.39, 0.29) is 33.2 Å². The van der Waals surface area contributed by atoms with Crippen molar-refractivity contribution in [2.75, 3.05) is 11.9 Å². The summed E-state index contributed by atoms with van der Waals surface area (Å²) in [7, 11) is 2.04. The van der Waals surface area contributed by atoms with E-state index in [9.17, 15) is 0 Å². The van der Waals surface area contributed by atoms with E-state index in [1.165, 1.54) is 5.56 Å². The van der Waals surface area contributed by atoms with Gasteiger partial charge in [0.15, 0.2) is 6.71 Å². The third kappa shape index (κ3) is 7.07. The van der Waals surface area contributed by atoms with Crippen LogP contribution in [0.4, 0.5) is 5.69 Å². The molecule has 60 heavy (non-hydrogen) atoms. The summed E-state index contributed by atoms with van der Waals surface area (Å²) in [4.78, 5) is 9.16. The van der Waals surface area contributed by atoms with Gasteiger partial charge in [0.05, 0.1) is 17.1 Å². The van der Waals surface area contributed by atoms with Crippen LogP contribution >= 0.6 is 0 Å². The molecule has 0 fully saturated rings. The van der Waals surface area contributed by atoms with Gasteiger partial charge in [0.25, 0.3) is 0 Å². The maximum Gasteiger partial charge on any atom is 0.197 e. The Labute approximate surface area is 366 Å². The van der Waals surface area contributed by atoms with Gasteiger partial charge < -0.3 is 14.4 Å². The number of para-hydroxylation sites is 2. The van der Waals surface area contributed by atoms with Gasteiger partial charge in [0, 0.05) is 38.3 Å². The number of aromatic nitrogens is 4. The maximum absolute atomic E-state index is 5.54. The molecule has 4 heterocycles. The number of benzene rings is 6. The van der Waals surface area contributed by atoms with Crippen LogP contribution in [0.15, 0.2) is 176 Å². The van der Waals surface area contributed by atoms with Crippen LogP contribution in [-0.4, -0.2) is 38.0 Å². The Kier molecular flexibility index (Phi) is 10.4. The smallest absolute Gasteiger partial charge is 0.197 e. The molecule has 0 aliphatic carbocycles. The third-order valence-electron chi connectivity index (χ3n) is 11.2. The summed E-state index contributed by atoms with van der Waals surface area (Å²) in [5, 5.41) is 7.82. The quantitative estimate of drug-likeness (QED) is 0.113. The average Bonchev–Trinajstić information content (AvgIpc) is 3.98. The molecule has 0 radical (unpaired) electrons. The predicted molar refractivity (Wildman–Crippen MR) is 244 cm³/mol. The number of hydrogen-bond donors (Lipinski definition) is 0. The first-order chi connectivity index (χ1) is 28.8. The molecule has 8 heteroatoms. The van der Waals surface area contributed by atoms with Crippen molar-refractivity contribution in [3.05, 3.63) is 201 Å². The number of pyridine rings is 1. The van der Waals surface area contributed by atoms with Crippen LogP contribution in [0.25, 0.3) is 55.8 Å². The minimum absolute atomic E-state index is 0. The number of nitrogens with zero attached hydrogens (tertiary/aromatic N) is 6. The van der Waals surface area contributed by atoms with E-state index in [0.29, 0.717) is 0 Å². The fourth-order valence-corrected chi connectivity index (χ4v) is 8.33. The van der Waals surface area contributed by atoms with Gasteiger partial charge in [0.1, 0.15) is 5.82 Å². The second-order valence-corrected chi connectivity index (χ2v) is 16.2. The number of hydrogen-bond acceptors (Lipinski definition) is 4. The Morgan fingerprint density at radius 2 is 1.33 bits per heavy atom. The van der Waals surface area contributed by atoms with Gasteiger partial charge in [0.2, 0.25) is 0 Å². The van der Waals surface area contributed by atoms with Crippen LogP contribution in [0.1, 0.15) is 26.3 Å². The first-order valence-corrected chi connectivity index (χ1v) is 20.1. The zero-order valence-corrected chi connectivity index (χ0v) is 36.2. The van der Waals surface area contributed by atoms with E-state index < -0.39 is 0 Å². The van der Waals surface area contributed by atoms with E-state index in [1.54, 1.807) is 0 Å². The molecule has 0 saturated carbocycles. The Morgan fingerprint density at radius 1 is 0.650 bits per heavy atom. The number of fused-ring (bicyclic) bond motifs is 3. The Balaban J connectivity index is 0.00000462. The molecule has 0 saturated heterocycles. The molecule has 1 aliphatic rings. The van der Waals surface area contributed by atoms with Gasteiger partial charge in [-0.25, -0.2) is 9.67 Å². The van der Waals surface area contributed by atoms with Crippen LogP contribution < -0.4 is 21.3 Å². The summed E-state index contributed by atoms with van der Waals surface area (Å²) in [5.41, 5.74) is 12.3. The molecular formula is C52H42BN6Pt-3. The molecule has 6 nitrogen and oxygen atoms in total. The molecule has 10 rings (SSSR count). The zero-order valence-electron chi connectivity index (χ0n) is 33.9. The monoisotopic (exact) mass is 956 g/mol. The topological polar surface area (TPSA) is 42.1 Å². The fraction of sp³-hybridized carbons (Fsp3) is 0.0962. The predicted octanol–water partition coefficient (Wildman–Crippen LogP) is 9.45. The van der Waals surface area contributed by atoms with Crippen LogP contribution in [0.5, 0.6) is 0 Å². The van der Waals surface area contributed by atoms with E-state index in [1.807, 2.05) is 30.4 Å². The van der Waals surface area contributed by atoms with Crippen LogP contribution in [0.3, 0.4) is 0 Å². The van der Waals surface area contributed by atoms with Crippen molar-refractivity contribution in [1.82, 2.24) is 24.2 Å². The molecule has 1 aliphatic heterocycles. The second kappa shape index (κ2) is 16.0. The summed E-state index contributed by atoms with van der Waals surface area (Å²) < 4.78 is 4.40. The first kappa shape index (κ1) is 39.1. The van der Waals surface area contributed by atoms with Crippen molar-refractivity contribution >= 4 is 50.6 Å². The molecule has 296 valence electrons. The first-order valence-electron chi connectivity index (χ1n) is 20.1. The van der Waals surface area contributed by atoms with Gasteiger partial charge in [-0.3, -0.25) is 0 Å². The average molecular weight is 957 g/mol. The summed E-state index contributed by atoms with van der Waals surface area (Å²) >= 11 is 0. The van der Waals surface area contributed by atoms with Crippen molar-refractivity contribution in [2.45, 2.75) is 26.2 Å². The minimum atomic E-state index is -0.341. The summed E-state index contributed by atoms with van der Waals surface area (Å²) in [6.07, 6.45) is 6.05. The van der Waals surface area contributed by atoms with Crippen LogP contribution in [0.2, 0.25) is 0 Å². The molecule has 0 bridgehead atoms. The second-order valence-electron chi connectivity index (χ2n) is 16.2. The van der Waals surface area contributed by atoms with Gasteiger partial charge in [-0.15, -0.1) is 11.1 Å². The van der Waals surface area contributed by atoms with Crippen molar-refractivity contribution in [2.24, 2.45) is 0 Å². The van der Waals surface area contributed by atoms with Gasteiger partial charge in [-0.2, -0.15) is 65.2 Å². The minimum Gasteiger partial charge on any atom is -0.510 e. The zero-order chi connectivity index (χ0) is 40.1. The fourth-order valence-electron chi connectivity index (χ4n) is 8.33. The number of anilines is 1. The van der Waals surface area contributed by atoms with Crippen molar-refractivity contribution < 1.29 is 21.1 Å². The summed E-state index contributed by atoms with van der Waals surface area (Å²) in [5.74, 6) is 0.870. The molecule has 9 aromatic rings. The van der Waals surface area contributed by atoms with Crippen molar-refractivity contribution in [3.63, 3.8) is 0 Å². The molecule has 6 aromatic carbocycles. The van der Waals surface area contributed by atoms with E-state index in [2.05, 4.69) is 212 Å². The summed E-state index contributed by atoms with van der Waals surface area (Å²) in [6, 6.07) is 63.5. The van der Waals surface area contributed by atoms with Gasteiger partial charge in [-0.1, -0.05) is 123 Å². The van der Waals surface area contributed by atoms with E-state index in [4.69, 9.17) is 10.1 Å². The van der Waals surface area contributed by atoms with Gasteiger partial charge >= 0.3 is 0 Å². The standard InChI is InChI=1S/C52H42BN6.Pt/c1-52(2,3)39-29-30-54-48(33-39)58-46-26-15-14-25-44(46)45-28-27-41(35-47(45)58)53(40-21-16-24-43(34-40)57-32-31-56(4)36-57)49-50(37-17-8-5-9-18-37)55-59(42-22-12-7-13-23-42)51(49)38-19-10-6-11-20-38;/h5-33,36H,1-4H3;/q-3;. The van der Waals surface area contributed by atoms with Crippen molar-refractivity contribution in [1.29, 1.82) is 0 Å². The number of rotatable bonds is 8. The molecule has 0 atom stereocenters. The third-order valence-corrected chi connectivity index (χ3v) is 11.2. The molecule has 0 amide bonds. The van der Waals surface area contributed by atoms with Crippen molar-refractivity contribution in [3.8, 4) is 34.0 Å². The summed E-state index contributed by atoms with van der Waals surface area (Å²) in [6.45, 7) is 8.46. The van der Waals surface area contributed by atoms with Crippen LogP contribution in [-0.2, 0) is 26.5 Å². The molecule has 3 aromatic heterocycles. The largest absolute Gasteiger partial charge is 0.510 e.